The number of amides is 3. The number of hydrogen-bond donors (Lipinski definition) is 3. The molecule has 0 aliphatic heterocycles. The Bertz CT molecular complexity index is 757. The lowest BCUT2D eigenvalue weighted by atomic mass is 10.3. The van der Waals surface area contributed by atoms with Gasteiger partial charge in [0.05, 0.1) is 4.34 Å². The summed E-state index contributed by atoms with van der Waals surface area (Å²) in [5.41, 5.74) is 5.72. The zero-order valence-electron chi connectivity index (χ0n) is 12.5. The maximum atomic E-state index is 11.9. The molecule has 10 heteroatoms. The van der Waals surface area contributed by atoms with Crippen molar-refractivity contribution in [1.29, 1.82) is 0 Å². The molecule has 1 fully saturated rings. The maximum Gasteiger partial charge on any atom is 0.319 e. The third kappa shape index (κ3) is 4.62. The highest BCUT2D eigenvalue weighted by molar-refractivity contribution is 7.98. The summed E-state index contributed by atoms with van der Waals surface area (Å²) in [6.07, 6.45) is 2.31. The number of halogens is 1. The number of rotatable bonds is 7. The van der Waals surface area contributed by atoms with Crippen molar-refractivity contribution >= 4 is 63.2 Å². The van der Waals surface area contributed by atoms with E-state index in [-0.39, 0.29) is 11.6 Å². The number of nitrogens with one attached hydrogen (secondary N) is 2. The number of anilines is 1. The molecule has 1 aliphatic carbocycles. The molecule has 2 aromatic heterocycles. The molecule has 1 saturated carbocycles. The van der Waals surface area contributed by atoms with E-state index in [1.54, 1.807) is 0 Å². The standard InChI is InChI=1S/C14H15ClN4O2S3/c15-9-4-3-8(23-9)6-22-13-10(11(16)20)12(24-19-13)18-14(21)17-5-7-1-2-7/h3-4,7H,1-2,5-6H2,(H2,16,20)(H2,17,18,21). The molecule has 1 aliphatic rings. The Morgan fingerprint density at radius 2 is 2.21 bits per heavy atom. The number of hydrogen-bond acceptors (Lipinski definition) is 6. The van der Waals surface area contributed by atoms with E-state index in [0.29, 0.717) is 32.6 Å². The first-order valence-electron chi connectivity index (χ1n) is 7.24. The molecule has 128 valence electrons. The Morgan fingerprint density at radius 3 is 2.83 bits per heavy atom. The molecule has 2 aromatic rings. The van der Waals surface area contributed by atoms with Gasteiger partial charge in [-0.3, -0.25) is 10.1 Å². The zero-order chi connectivity index (χ0) is 17.1. The highest BCUT2D eigenvalue weighted by atomic mass is 35.5. The number of carbonyl (C=O) groups is 2. The van der Waals surface area contributed by atoms with E-state index in [1.807, 2.05) is 12.1 Å². The minimum Gasteiger partial charge on any atom is -0.365 e. The SMILES string of the molecule is NC(=O)c1c(SCc2ccc(Cl)s2)nsc1NC(=O)NCC1CC1. The van der Waals surface area contributed by atoms with Crippen LogP contribution in [-0.4, -0.2) is 22.9 Å². The summed E-state index contributed by atoms with van der Waals surface area (Å²) in [6.45, 7) is 0.650. The summed E-state index contributed by atoms with van der Waals surface area (Å²) in [6, 6.07) is 3.42. The number of nitrogens with two attached hydrogens (primary N) is 1. The van der Waals surface area contributed by atoms with Crippen molar-refractivity contribution in [2.24, 2.45) is 11.7 Å². The minimum absolute atomic E-state index is 0.259. The Kier molecular flexibility index (Phi) is 5.65. The van der Waals surface area contributed by atoms with Gasteiger partial charge in [-0.15, -0.1) is 11.3 Å². The molecular formula is C14H15ClN4O2S3. The van der Waals surface area contributed by atoms with Gasteiger partial charge in [0.1, 0.15) is 15.6 Å². The minimum atomic E-state index is -0.604. The van der Waals surface area contributed by atoms with Gasteiger partial charge in [0, 0.05) is 17.2 Å². The van der Waals surface area contributed by atoms with Crippen LogP contribution in [0.2, 0.25) is 4.34 Å². The second-order valence-corrected chi connectivity index (χ2v) is 8.87. The van der Waals surface area contributed by atoms with Crippen LogP contribution in [0.4, 0.5) is 9.80 Å². The molecule has 2 heterocycles. The van der Waals surface area contributed by atoms with E-state index in [2.05, 4.69) is 15.0 Å². The zero-order valence-corrected chi connectivity index (χ0v) is 15.7. The summed E-state index contributed by atoms with van der Waals surface area (Å²) in [7, 11) is 0. The molecule has 0 bridgehead atoms. The lowest BCUT2D eigenvalue weighted by Crippen LogP contribution is -2.30. The Morgan fingerprint density at radius 1 is 1.42 bits per heavy atom. The molecule has 4 N–H and O–H groups in total. The molecule has 24 heavy (non-hydrogen) atoms. The number of thioether (sulfide) groups is 1. The number of nitrogens with zero attached hydrogens (tertiary/aromatic N) is 1. The normalized spacial score (nSPS) is 13.7. The fraction of sp³-hybridized carbons (Fsp3) is 0.357. The van der Waals surface area contributed by atoms with Gasteiger partial charge in [-0.1, -0.05) is 23.4 Å². The van der Waals surface area contributed by atoms with Gasteiger partial charge in [-0.25, -0.2) is 4.79 Å². The second-order valence-electron chi connectivity index (χ2n) is 5.33. The van der Waals surface area contributed by atoms with Crippen LogP contribution < -0.4 is 16.4 Å². The Labute approximate surface area is 156 Å². The first-order chi connectivity index (χ1) is 11.5. The molecule has 0 aromatic carbocycles. The van der Waals surface area contributed by atoms with Crippen molar-refractivity contribution in [3.8, 4) is 0 Å². The molecule has 0 radical (unpaired) electrons. The van der Waals surface area contributed by atoms with Crippen LogP contribution in [-0.2, 0) is 5.75 Å². The molecule has 0 saturated heterocycles. The summed E-state index contributed by atoms with van der Waals surface area (Å²) in [4.78, 5) is 24.7. The molecule has 6 nitrogen and oxygen atoms in total. The van der Waals surface area contributed by atoms with E-state index in [1.165, 1.54) is 23.1 Å². The first-order valence-corrected chi connectivity index (χ1v) is 10.2. The summed E-state index contributed by atoms with van der Waals surface area (Å²) in [5, 5.41) is 6.36. The number of carbonyl (C=O) groups excluding carboxylic acids is 2. The van der Waals surface area contributed by atoms with Crippen LogP contribution >= 0.6 is 46.2 Å². The van der Waals surface area contributed by atoms with Crippen LogP contribution in [0.15, 0.2) is 17.2 Å². The molecule has 0 spiro atoms. The largest absolute Gasteiger partial charge is 0.365 e. The molecule has 3 amide bonds. The van der Waals surface area contributed by atoms with Crippen LogP contribution in [0.3, 0.4) is 0 Å². The van der Waals surface area contributed by atoms with Crippen LogP contribution in [0.25, 0.3) is 0 Å². The highest BCUT2D eigenvalue weighted by Crippen LogP contribution is 2.35. The van der Waals surface area contributed by atoms with Crippen molar-refractivity contribution in [2.45, 2.75) is 23.6 Å². The van der Waals surface area contributed by atoms with Crippen molar-refractivity contribution in [3.63, 3.8) is 0 Å². The van der Waals surface area contributed by atoms with E-state index in [9.17, 15) is 9.59 Å². The predicted octanol–water partition coefficient (Wildman–Crippen LogP) is 3.78. The van der Waals surface area contributed by atoms with E-state index >= 15 is 0 Å². The summed E-state index contributed by atoms with van der Waals surface area (Å²) < 4.78 is 4.97. The van der Waals surface area contributed by atoms with Crippen LogP contribution in [0.1, 0.15) is 28.1 Å². The smallest absolute Gasteiger partial charge is 0.319 e. The van der Waals surface area contributed by atoms with Crippen molar-refractivity contribution in [3.05, 3.63) is 26.9 Å². The van der Waals surface area contributed by atoms with Gasteiger partial charge < -0.3 is 11.1 Å². The van der Waals surface area contributed by atoms with Crippen molar-refractivity contribution < 1.29 is 9.59 Å². The average molecular weight is 403 g/mol. The van der Waals surface area contributed by atoms with E-state index in [4.69, 9.17) is 17.3 Å². The van der Waals surface area contributed by atoms with Gasteiger partial charge in [-0.05, 0) is 42.4 Å². The molecule has 0 unspecified atom stereocenters. The maximum absolute atomic E-state index is 11.9. The summed E-state index contributed by atoms with van der Waals surface area (Å²) in [5.74, 6) is 0.610. The molecular weight excluding hydrogens is 388 g/mol. The van der Waals surface area contributed by atoms with E-state index < -0.39 is 5.91 Å². The Hall–Kier alpha value is -1.29. The lowest BCUT2D eigenvalue weighted by Gasteiger charge is -2.06. The van der Waals surface area contributed by atoms with Crippen molar-refractivity contribution in [2.75, 3.05) is 11.9 Å². The Balaban J connectivity index is 1.64. The number of thiophene rings is 1. The quantitative estimate of drug-likeness (QED) is 0.614. The van der Waals surface area contributed by atoms with Gasteiger partial charge in [0.2, 0.25) is 0 Å². The third-order valence-corrected chi connectivity index (χ3v) is 6.68. The lowest BCUT2D eigenvalue weighted by molar-refractivity contribution is 0.0998. The fourth-order valence-corrected chi connectivity index (χ4v) is 5.05. The number of primary amides is 1. The number of aromatic nitrogens is 1. The van der Waals surface area contributed by atoms with Crippen molar-refractivity contribution in [1.82, 2.24) is 9.69 Å². The average Bonchev–Trinajstić information content (AvgIpc) is 3.14. The van der Waals surface area contributed by atoms with Gasteiger partial charge in [0.15, 0.2) is 0 Å². The highest BCUT2D eigenvalue weighted by Gasteiger charge is 2.23. The number of urea groups is 1. The third-order valence-electron chi connectivity index (χ3n) is 3.36. The first kappa shape index (κ1) is 17.5. The molecule has 3 rings (SSSR count). The van der Waals surface area contributed by atoms with Crippen LogP contribution in [0, 0.1) is 5.92 Å². The monoisotopic (exact) mass is 402 g/mol. The van der Waals surface area contributed by atoms with Crippen LogP contribution in [0.5, 0.6) is 0 Å². The summed E-state index contributed by atoms with van der Waals surface area (Å²) >= 11 is 9.84. The van der Waals surface area contributed by atoms with Gasteiger partial charge in [0.25, 0.3) is 5.91 Å². The van der Waals surface area contributed by atoms with E-state index in [0.717, 1.165) is 29.3 Å². The predicted molar refractivity (Wildman–Crippen MR) is 99.3 cm³/mol. The second kappa shape index (κ2) is 7.73. The molecule has 0 atom stereocenters. The fourth-order valence-electron chi connectivity index (χ4n) is 1.95. The topological polar surface area (TPSA) is 97.1 Å². The van der Waals surface area contributed by atoms with Gasteiger partial charge >= 0.3 is 6.03 Å². The van der Waals surface area contributed by atoms with Gasteiger partial charge in [-0.2, -0.15) is 4.37 Å².